The molecule has 0 atom stereocenters. The number of aromatic nitrogens is 3. The van der Waals surface area contributed by atoms with Crippen molar-refractivity contribution in [2.24, 2.45) is 0 Å². The molecule has 3 heterocycles. The number of amides is 1. The van der Waals surface area contributed by atoms with Gasteiger partial charge in [-0.15, -0.1) is 0 Å². The summed E-state index contributed by atoms with van der Waals surface area (Å²) in [5.74, 6) is 1.86. The van der Waals surface area contributed by atoms with Crippen LogP contribution in [0.1, 0.15) is 41.4 Å². The first-order chi connectivity index (χ1) is 14.5. The predicted octanol–water partition coefficient (Wildman–Crippen LogP) is 3.79. The summed E-state index contributed by atoms with van der Waals surface area (Å²) in [6, 6.07) is 9.36. The standard InChI is InChI=1S/C22H23ClN4O3/c1-14(2)20-16(13-26-27(20)19-5-3-4-7-24-19)22(28)25-8-6-15-11-17(23)21-18(12-15)29-9-10-30-21/h3-5,7,11-14H,6,8-10H2,1-2H3,(H,25,28). The van der Waals surface area contributed by atoms with Crippen molar-refractivity contribution in [3.8, 4) is 17.3 Å². The largest absolute Gasteiger partial charge is 0.486 e. The number of benzene rings is 1. The molecule has 0 bridgehead atoms. The van der Waals surface area contributed by atoms with E-state index in [1.54, 1.807) is 17.1 Å². The van der Waals surface area contributed by atoms with Gasteiger partial charge < -0.3 is 14.8 Å². The van der Waals surface area contributed by atoms with Gasteiger partial charge in [0, 0.05) is 12.7 Å². The van der Waals surface area contributed by atoms with Gasteiger partial charge in [-0.25, -0.2) is 9.67 Å². The van der Waals surface area contributed by atoms with Gasteiger partial charge >= 0.3 is 0 Å². The summed E-state index contributed by atoms with van der Waals surface area (Å²) in [4.78, 5) is 17.2. The number of nitrogens with one attached hydrogen (secondary N) is 1. The van der Waals surface area contributed by atoms with Gasteiger partial charge in [-0.05, 0) is 42.2 Å². The topological polar surface area (TPSA) is 78.3 Å². The Hall–Kier alpha value is -3.06. The second-order valence-electron chi connectivity index (χ2n) is 7.31. The van der Waals surface area contributed by atoms with Crippen LogP contribution in [0.5, 0.6) is 11.5 Å². The van der Waals surface area contributed by atoms with Crippen LogP contribution in [0, 0.1) is 0 Å². The molecule has 0 spiro atoms. The lowest BCUT2D eigenvalue weighted by molar-refractivity contribution is 0.0952. The monoisotopic (exact) mass is 426 g/mol. The zero-order chi connectivity index (χ0) is 21.1. The maximum absolute atomic E-state index is 12.8. The second kappa shape index (κ2) is 8.75. The van der Waals surface area contributed by atoms with Crippen molar-refractivity contribution in [3.05, 3.63) is 64.6 Å². The van der Waals surface area contributed by atoms with Crippen LogP contribution in [0.15, 0.2) is 42.7 Å². The summed E-state index contributed by atoms with van der Waals surface area (Å²) in [7, 11) is 0. The van der Waals surface area contributed by atoms with Gasteiger partial charge in [0.05, 0.1) is 22.5 Å². The maximum Gasteiger partial charge on any atom is 0.254 e. The summed E-state index contributed by atoms with van der Waals surface area (Å²) in [5, 5.41) is 7.90. The highest BCUT2D eigenvalue weighted by molar-refractivity contribution is 6.32. The lowest BCUT2D eigenvalue weighted by Crippen LogP contribution is -2.27. The molecule has 8 heteroatoms. The van der Waals surface area contributed by atoms with Crippen molar-refractivity contribution in [3.63, 3.8) is 0 Å². The lowest BCUT2D eigenvalue weighted by Gasteiger charge is -2.20. The normalized spacial score (nSPS) is 12.8. The SMILES string of the molecule is CC(C)c1c(C(=O)NCCc2cc(Cl)c3c(c2)OCCO3)cnn1-c1ccccn1. The molecule has 0 fully saturated rings. The number of halogens is 1. The number of hydrogen-bond donors (Lipinski definition) is 1. The van der Waals surface area contributed by atoms with Crippen molar-refractivity contribution in [2.75, 3.05) is 19.8 Å². The predicted molar refractivity (Wildman–Crippen MR) is 114 cm³/mol. The molecule has 1 aliphatic heterocycles. The fraction of sp³-hybridized carbons (Fsp3) is 0.318. The molecular formula is C22H23ClN4O3. The average Bonchev–Trinajstić information content (AvgIpc) is 3.20. The zero-order valence-corrected chi connectivity index (χ0v) is 17.6. The summed E-state index contributed by atoms with van der Waals surface area (Å²) in [6.07, 6.45) is 3.92. The molecule has 0 saturated carbocycles. The van der Waals surface area contributed by atoms with Crippen molar-refractivity contribution >= 4 is 17.5 Å². The lowest BCUT2D eigenvalue weighted by atomic mass is 10.1. The zero-order valence-electron chi connectivity index (χ0n) is 16.9. The van der Waals surface area contributed by atoms with E-state index in [0.717, 1.165) is 11.3 Å². The molecule has 0 saturated heterocycles. The Morgan fingerprint density at radius 1 is 1.27 bits per heavy atom. The quantitative estimate of drug-likeness (QED) is 0.648. The third-order valence-electron chi connectivity index (χ3n) is 4.82. The van der Waals surface area contributed by atoms with E-state index >= 15 is 0 Å². The minimum atomic E-state index is -0.162. The second-order valence-corrected chi connectivity index (χ2v) is 7.71. The fourth-order valence-corrected chi connectivity index (χ4v) is 3.76. The van der Waals surface area contributed by atoms with E-state index in [0.29, 0.717) is 54.1 Å². The molecule has 0 unspecified atom stereocenters. The summed E-state index contributed by atoms with van der Waals surface area (Å²) in [6.45, 7) is 5.52. The first-order valence-electron chi connectivity index (χ1n) is 9.90. The van der Waals surface area contributed by atoms with Gasteiger partial charge in [0.2, 0.25) is 0 Å². The molecule has 0 radical (unpaired) electrons. The molecule has 156 valence electrons. The Morgan fingerprint density at radius 2 is 2.10 bits per heavy atom. The van der Waals surface area contributed by atoms with E-state index in [1.807, 2.05) is 44.2 Å². The van der Waals surface area contributed by atoms with Crippen molar-refractivity contribution in [1.29, 1.82) is 0 Å². The highest BCUT2D eigenvalue weighted by Gasteiger charge is 2.21. The van der Waals surface area contributed by atoms with Gasteiger partial charge in [0.25, 0.3) is 5.91 Å². The molecule has 3 aromatic rings. The van der Waals surface area contributed by atoms with E-state index in [9.17, 15) is 4.79 Å². The van der Waals surface area contributed by atoms with Gasteiger partial charge in [0.15, 0.2) is 17.3 Å². The van der Waals surface area contributed by atoms with Crippen LogP contribution in [0.25, 0.3) is 5.82 Å². The minimum absolute atomic E-state index is 0.104. The Bertz CT molecular complexity index is 1050. The van der Waals surface area contributed by atoms with Crippen LogP contribution < -0.4 is 14.8 Å². The Kier molecular flexibility index (Phi) is 5.90. The molecule has 1 N–H and O–H groups in total. The molecule has 1 amide bonds. The summed E-state index contributed by atoms with van der Waals surface area (Å²) >= 11 is 6.29. The van der Waals surface area contributed by atoms with Crippen LogP contribution in [0.2, 0.25) is 5.02 Å². The fourth-order valence-electron chi connectivity index (χ4n) is 3.47. The molecule has 2 aromatic heterocycles. The van der Waals surface area contributed by atoms with Crippen molar-refractivity contribution < 1.29 is 14.3 Å². The van der Waals surface area contributed by atoms with Crippen molar-refractivity contribution in [2.45, 2.75) is 26.2 Å². The van der Waals surface area contributed by atoms with E-state index < -0.39 is 0 Å². The molecule has 0 aliphatic carbocycles. The first-order valence-corrected chi connectivity index (χ1v) is 10.3. The van der Waals surface area contributed by atoms with Gasteiger partial charge in [0.1, 0.15) is 13.2 Å². The molecular weight excluding hydrogens is 404 g/mol. The number of fused-ring (bicyclic) bond motifs is 1. The van der Waals surface area contributed by atoms with Gasteiger partial charge in [-0.3, -0.25) is 4.79 Å². The number of pyridine rings is 1. The minimum Gasteiger partial charge on any atom is -0.486 e. The number of carbonyl (C=O) groups is 1. The van der Waals surface area contributed by atoms with E-state index in [2.05, 4.69) is 15.4 Å². The maximum atomic E-state index is 12.8. The summed E-state index contributed by atoms with van der Waals surface area (Å²) < 4.78 is 12.9. The van der Waals surface area contributed by atoms with E-state index in [1.165, 1.54) is 0 Å². The third kappa shape index (κ3) is 4.11. The molecule has 1 aliphatic rings. The highest BCUT2D eigenvalue weighted by atomic mass is 35.5. The number of ether oxygens (including phenoxy) is 2. The Balaban J connectivity index is 1.46. The number of rotatable bonds is 6. The third-order valence-corrected chi connectivity index (χ3v) is 5.10. The Morgan fingerprint density at radius 3 is 2.87 bits per heavy atom. The van der Waals surface area contributed by atoms with Crippen LogP contribution in [0.4, 0.5) is 0 Å². The molecule has 30 heavy (non-hydrogen) atoms. The molecule has 1 aromatic carbocycles. The van der Waals surface area contributed by atoms with E-state index in [-0.39, 0.29) is 11.8 Å². The van der Waals surface area contributed by atoms with Crippen LogP contribution in [-0.2, 0) is 6.42 Å². The van der Waals surface area contributed by atoms with E-state index in [4.69, 9.17) is 21.1 Å². The smallest absolute Gasteiger partial charge is 0.254 e. The highest BCUT2D eigenvalue weighted by Crippen LogP contribution is 2.38. The number of carbonyl (C=O) groups excluding carboxylic acids is 1. The van der Waals surface area contributed by atoms with Gasteiger partial charge in [-0.1, -0.05) is 31.5 Å². The number of nitrogens with zero attached hydrogens (tertiary/aromatic N) is 3. The van der Waals surface area contributed by atoms with Crippen molar-refractivity contribution in [1.82, 2.24) is 20.1 Å². The average molecular weight is 427 g/mol. The van der Waals surface area contributed by atoms with Crippen LogP contribution in [-0.4, -0.2) is 40.4 Å². The molecule has 4 rings (SSSR count). The van der Waals surface area contributed by atoms with Gasteiger partial charge in [-0.2, -0.15) is 5.10 Å². The summed E-state index contributed by atoms with van der Waals surface area (Å²) in [5.41, 5.74) is 2.35. The Labute approximate surface area is 180 Å². The van der Waals surface area contributed by atoms with Crippen LogP contribution >= 0.6 is 11.6 Å². The number of hydrogen-bond acceptors (Lipinski definition) is 5. The molecule has 7 nitrogen and oxygen atoms in total. The van der Waals surface area contributed by atoms with Crippen LogP contribution in [0.3, 0.4) is 0 Å². The first kappa shape index (κ1) is 20.2.